The Morgan fingerprint density at radius 3 is 2.23 bits per heavy atom. The van der Waals surface area contributed by atoms with Gasteiger partial charge in [-0.25, -0.2) is 0 Å². The standard InChI is InChI=1S/C20H30O2/c1-6-12-22-18-14-17-16(13-15(18)8-7-11-21)19(2,3)9-10-20(17,4)5/h11,13-14H,6-10,12H2,1-5H3. The first-order chi connectivity index (χ1) is 10.3. The molecule has 1 aliphatic rings. The van der Waals surface area contributed by atoms with Gasteiger partial charge in [-0.05, 0) is 59.3 Å². The highest BCUT2D eigenvalue weighted by Gasteiger charge is 2.37. The number of fused-ring (bicyclic) bond motifs is 1. The van der Waals surface area contributed by atoms with Crippen LogP contribution in [0.25, 0.3) is 0 Å². The lowest BCUT2D eigenvalue weighted by atomic mass is 9.63. The highest BCUT2D eigenvalue weighted by atomic mass is 16.5. The van der Waals surface area contributed by atoms with Crippen LogP contribution in [0.4, 0.5) is 0 Å². The molecule has 0 radical (unpaired) electrons. The maximum atomic E-state index is 10.8. The Balaban J connectivity index is 2.53. The molecule has 22 heavy (non-hydrogen) atoms. The van der Waals surface area contributed by atoms with E-state index in [-0.39, 0.29) is 10.8 Å². The summed E-state index contributed by atoms with van der Waals surface area (Å²) in [4.78, 5) is 10.8. The Morgan fingerprint density at radius 1 is 1.09 bits per heavy atom. The molecule has 0 unspecified atom stereocenters. The molecule has 0 aromatic heterocycles. The fourth-order valence-corrected chi connectivity index (χ4v) is 3.40. The van der Waals surface area contributed by atoms with Crippen LogP contribution in [-0.2, 0) is 22.0 Å². The topological polar surface area (TPSA) is 26.3 Å². The summed E-state index contributed by atoms with van der Waals surface area (Å²) in [5.74, 6) is 0.980. The van der Waals surface area contributed by atoms with Crippen molar-refractivity contribution < 1.29 is 9.53 Å². The lowest BCUT2D eigenvalue weighted by molar-refractivity contribution is -0.107. The van der Waals surface area contributed by atoms with E-state index in [1.807, 2.05) is 0 Å². The second-order valence-electron chi connectivity index (χ2n) is 7.83. The molecule has 0 atom stereocenters. The molecule has 0 aliphatic heterocycles. The first-order valence-corrected chi connectivity index (χ1v) is 8.56. The second kappa shape index (κ2) is 6.44. The van der Waals surface area contributed by atoms with Crippen LogP contribution in [-0.4, -0.2) is 12.9 Å². The van der Waals surface area contributed by atoms with Crippen molar-refractivity contribution in [3.8, 4) is 5.75 Å². The molecule has 2 rings (SSSR count). The zero-order chi connectivity index (χ0) is 16.4. The van der Waals surface area contributed by atoms with E-state index >= 15 is 0 Å². The summed E-state index contributed by atoms with van der Waals surface area (Å²) >= 11 is 0. The van der Waals surface area contributed by atoms with Crippen LogP contribution in [0.2, 0.25) is 0 Å². The molecule has 0 spiro atoms. The van der Waals surface area contributed by atoms with Crippen LogP contribution in [0, 0.1) is 0 Å². The number of hydrogen-bond donors (Lipinski definition) is 0. The number of aryl methyl sites for hydroxylation is 1. The van der Waals surface area contributed by atoms with Gasteiger partial charge in [0.15, 0.2) is 0 Å². The lowest BCUT2D eigenvalue weighted by Crippen LogP contribution is -2.34. The monoisotopic (exact) mass is 302 g/mol. The van der Waals surface area contributed by atoms with E-state index in [0.717, 1.165) is 31.5 Å². The molecule has 0 bridgehead atoms. The maximum absolute atomic E-state index is 10.8. The van der Waals surface area contributed by atoms with Crippen LogP contribution < -0.4 is 4.74 Å². The van der Waals surface area contributed by atoms with Gasteiger partial charge in [-0.3, -0.25) is 0 Å². The molecule has 122 valence electrons. The Labute approximate surface area is 135 Å². The van der Waals surface area contributed by atoms with Crippen LogP contribution >= 0.6 is 0 Å². The number of carbonyl (C=O) groups excluding carboxylic acids is 1. The van der Waals surface area contributed by atoms with Gasteiger partial charge < -0.3 is 9.53 Å². The third-order valence-electron chi connectivity index (χ3n) is 5.03. The van der Waals surface area contributed by atoms with Gasteiger partial charge in [0.2, 0.25) is 0 Å². The minimum atomic E-state index is 0.193. The van der Waals surface area contributed by atoms with Gasteiger partial charge in [0, 0.05) is 6.42 Å². The first kappa shape index (κ1) is 17.1. The summed E-state index contributed by atoms with van der Waals surface area (Å²) in [5, 5.41) is 0. The normalized spacial score (nSPS) is 18.6. The van der Waals surface area contributed by atoms with Crippen molar-refractivity contribution in [1.82, 2.24) is 0 Å². The molecule has 0 saturated heterocycles. The molecule has 1 aliphatic carbocycles. The van der Waals surface area contributed by atoms with Gasteiger partial charge in [0.05, 0.1) is 6.61 Å². The predicted octanol–water partition coefficient (Wildman–Crippen LogP) is 4.96. The molecule has 2 heteroatoms. The van der Waals surface area contributed by atoms with Gasteiger partial charge in [-0.15, -0.1) is 0 Å². The molecular weight excluding hydrogens is 272 g/mol. The number of benzene rings is 1. The molecule has 1 aromatic carbocycles. The van der Waals surface area contributed by atoms with Crippen LogP contribution in [0.3, 0.4) is 0 Å². The quantitative estimate of drug-likeness (QED) is 0.695. The SMILES string of the molecule is CCCOc1cc2c(cc1CCC=O)C(C)(C)CCC2(C)C. The van der Waals surface area contributed by atoms with Gasteiger partial charge >= 0.3 is 0 Å². The van der Waals surface area contributed by atoms with Crippen LogP contribution in [0.1, 0.15) is 77.0 Å². The van der Waals surface area contributed by atoms with Crippen molar-refractivity contribution in [3.05, 3.63) is 28.8 Å². The predicted molar refractivity (Wildman–Crippen MR) is 91.9 cm³/mol. The van der Waals surface area contributed by atoms with Crippen molar-refractivity contribution in [2.75, 3.05) is 6.61 Å². The minimum Gasteiger partial charge on any atom is -0.493 e. The highest BCUT2D eigenvalue weighted by molar-refractivity contribution is 5.54. The summed E-state index contributed by atoms with van der Waals surface area (Å²) < 4.78 is 6.00. The molecule has 0 N–H and O–H groups in total. The summed E-state index contributed by atoms with van der Waals surface area (Å²) in [7, 11) is 0. The van der Waals surface area contributed by atoms with E-state index in [2.05, 4.69) is 46.8 Å². The highest BCUT2D eigenvalue weighted by Crippen LogP contribution is 2.47. The molecule has 0 amide bonds. The number of aldehydes is 1. The lowest BCUT2D eigenvalue weighted by Gasteiger charge is -2.42. The molecule has 0 heterocycles. The molecule has 1 aromatic rings. The Bertz CT molecular complexity index is 541. The molecule has 2 nitrogen and oxygen atoms in total. The molecule has 0 saturated carbocycles. The molecule has 0 fully saturated rings. The summed E-state index contributed by atoms with van der Waals surface area (Å²) in [6.45, 7) is 12.2. The average Bonchev–Trinajstić information content (AvgIpc) is 2.47. The zero-order valence-electron chi connectivity index (χ0n) is 14.8. The van der Waals surface area contributed by atoms with E-state index in [4.69, 9.17) is 4.74 Å². The van der Waals surface area contributed by atoms with Gasteiger partial charge in [-0.2, -0.15) is 0 Å². The third-order valence-corrected chi connectivity index (χ3v) is 5.03. The van der Waals surface area contributed by atoms with Crippen molar-refractivity contribution in [3.63, 3.8) is 0 Å². The van der Waals surface area contributed by atoms with Gasteiger partial charge in [0.25, 0.3) is 0 Å². The van der Waals surface area contributed by atoms with Crippen LogP contribution in [0.5, 0.6) is 5.75 Å². The van der Waals surface area contributed by atoms with E-state index in [9.17, 15) is 4.79 Å². The van der Waals surface area contributed by atoms with Crippen molar-refractivity contribution in [2.45, 2.75) is 77.6 Å². The summed E-state index contributed by atoms with van der Waals surface area (Å²) in [6.07, 6.45) is 5.73. The Morgan fingerprint density at radius 2 is 1.68 bits per heavy atom. The van der Waals surface area contributed by atoms with Crippen molar-refractivity contribution >= 4 is 6.29 Å². The summed E-state index contributed by atoms with van der Waals surface area (Å²) in [6, 6.07) is 4.57. The smallest absolute Gasteiger partial charge is 0.122 e. The number of rotatable bonds is 6. The zero-order valence-corrected chi connectivity index (χ0v) is 14.8. The number of carbonyl (C=O) groups is 1. The number of ether oxygens (including phenoxy) is 1. The van der Waals surface area contributed by atoms with Crippen LogP contribution in [0.15, 0.2) is 12.1 Å². The molecular formula is C20H30O2. The van der Waals surface area contributed by atoms with Crippen molar-refractivity contribution in [2.24, 2.45) is 0 Å². The average molecular weight is 302 g/mol. The van der Waals surface area contributed by atoms with Gasteiger partial charge in [0.1, 0.15) is 12.0 Å². The van der Waals surface area contributed by atoms with E-state index < -0.39 is 0 Å². The Hall–Kier alpha value is -1.31. The fourth-order valence-electron chi connectivity index (χ4n) is 3.40. The van der Waals surface area contributed by atoms with Gasteiger partial charge in [-0.1, -0.05) is 40.7 Å². The fraction of sp³-hybridized carbons (Fsp3) is 0.650. The van der Waals surface area contributed by atoms with E-state index in [1.54, 1.807) is 0 Å². The first-order valence-electron chi connectivity index (χ1n) is 8.56. The number of hydrogen-bond acceptors (Lipinski definition) is 2. The van der Waals surface area contributed by atoms with E-state index in [1.165, 1.54) is 29.5 Å². The van der Waals surface area contributed by atoms with E-state index in [0.29, 0.717) is 6.42 Å². The largest absolute Gasteiger partial charge is 0.493 e. The summed E-state index contributed by atoms with van der Waals surface area (Å²) in [5.41, 5.74) is 4.44. The third kappa shape index (κ3) is 3.37. The van der Waals surface area contributed by atoms with Crippen molar-refractivity contribution in [1.29, 1.82) is 0 Å². The second-order valence-corrected chi connectivity index (χ2v) is 7.83. The minimum absolute atomic E-state index is 0.193. The Kier molecular flexibility index (Phi) is 4.99. The maximum Gasteiger partial charge on any atom is 0.122 e.